The van der Waals surface area contributed by atoms with E-state index in [1.165, 1.54) is 6.07 Å². The molecule has 1 aromatic rings. The maximum absolute atomic E-state index is 13.5. The van der Waals surface area contributed by atoms with Gasteiger partial charge in [-0.3, -0.25) is 0 Å². The second-order valence-corrected chi connectivity index (χ2v) is 6.92. The predicted octanol–water partition coefficient (Wildman–Crippen LogP) is 2.13. The van der Waals surface area contributed by atoms with Crippen LogP contribution >= 0.6 is 11.6 Å². The van der Waals surface area contributed by atoms with Crippen molar-refractivity contribution in [2.75, 3.05) is 31.1 Å². The number of benzene rings is 1. The van der Waals surface area contributed by atoms with Crippen molar-refractivity contribution >= 4 is 23.3 Å². The minimum atomic E-state index is -0.433. The molecule has 0 spiro atoms. The Bertz CT molecular complexity index is 595. The fourth-order valence-electron chi connectivity index (χ4n) is 2.87. The molecule has 3 N–H and O–H groups in total. The van der Waals surface area contributed by atoms with Gasteiger partial charge >= 0.3 is 6.03 Å². The van der Waals surface area contributed by atoms with Crippen LogP contribution in [0.15, 0.2) is 18.2 Å². The molecular formula is C16H21ClFN3O2. The number of carbonyl (C=O) groups is 1. The van der Waals surface area contributed by atoms with Gasteiger partial charge in [0, 0.05) is 36.8 Å². The lowest BCUT2D eigenvalue weighted by molar-refractivity contribution is 0.202. The average molecular weight is 342 g/mol. The van der Waals surface area contributed by atoms with E-state index in [0.29, 0.717) is 13.1 Å². The van der Waals surface area contributed by atoms with E-state index in [9.17, 15) is 14.3 Å². The van der Waals surface area contributed by atoms with E-state index in [-0.39, 0.29) is 29.1 Å². The van der Waals surface area contributed by atoms with Crippen molar-refractivity contribution in [3.63, 3.8) is 0 Å². The first-order valence-electron chi connectivity index (χ1n) is 7.87. The Balaban J connectivity index is 1.47. The van der Waals surface area contributed by atoms with Crippen molar-refractivity contribution < 1.29 is 14.3 Å². The summed E-state index contributed by atoms with van der Waals surface area (Å²) in [5.41, 5.74) is 0.675. The second kappa shape index (κ2) is 6.53. The molecule has 1 atom stereocenters. The molecular weight excluding hydrogens is 321 g/mol. The van der Waals surface area contributed by atoms with Gasteiger partial charge in [0.05, 0.1) is 11.6 Å². The van der Waals surface area contributed by atoms with Crippen molar-refractivity contribution in [2.24, 2.45) is 5.41 Å². The highest BCUT2D eigenvalue weighted by molar-refractivity contribution is 6.30. The van der Waals surface area contributed by atoms with Crippen molar-refractivity contribution in [1.82, 2.24) is 10.6 Å². The average Bonchev–Trinajstić information content (AvgIpc) is 3.19. The smallest absolute Gasteiger partial charge is 0.315 e. The summed E-state index contributed by atoms with van der Waals surface area (Å²) in [7, 11) is 0. The molecule has 126 valence electrons. The molecule has 0 aromatic heterocycles. The molecule has 0 radical (unpaired) electrons. The zero-order valence-corrected chi connectivity index (χ0v) is 13.6. The second-order valence-electron chi connectivity index (χ2n) is 6.52. The van der Waals surface area contributed by atoms with Crippen molar-refractivity contribution in [2.45, 2.75) is 25.3 Å². The molecule has 3 rings (SSSR count). The minimum absolute atomic E-state index is 0.0259. The highest BCUT2D eigenvalue weighted by atomic mass is 35.5. The Morgan fingerprint density at radius 1 is 1.48 bits per heavy atom. The maximum atomic E-state index is 13.5. The lowest BCUT2D eigenvalue weighted by atomic mass is 10.1. The van der Waals surface area contributed by atoms with Crippen LogP contribution in [-0.4, -0.2) is 43.4 Å². The summed E-state index contributed by atoms with van der Waals surface area (Å²) in [6.07, 6.45) is 2.73. The topological polar surface area (TPSA) is 64.6 Å². The molecule has 7 heteroatoms. The number of hydrogen-bond acceptors (Lipinski definition) is 3. The number of hydrogen-bond donors (Lipinski definition) is 3. The number of aliphatic hydroxyl groups is 1. The summed E-state index contributed by atoms with van der Waals surface area (Å²) in [5.74, 6) is -0.433. The van der Waals surface area contributed by atoms with E-state index in [1.807, 2.05) is 4.90 Å². The van der Waals surface area contributed by atoms with Crippen LogP contribution in [-0.2, 0) is 0 Å². The van der Waals surface area contributed by atoms with Crippen LogP contribution in [0.1, 0.15) is 19.3 Å². The number of amides is 2. The van der Waals surface area contributed by atoms with E-state index in [2.05, 4.69) is 10.6 Å². The molecule has 1 aromatic carbocycles. The standard InChI is InChI=1S/C16H21ClFN3O2/c17-13-2-1-12(7-14(13)18)21-6-3-11(8-21)20-15(23)19-9-16(10-22)4-5-16/h1-2,7,11,22H,3-6,8-10H2,(H2,19,20,23). The molecule has 1 aliphatic carbocycles. The van der Waals surface area contributed by atoms with Crippen molar-refractivity contribution in [3.8, 4) is 0 Å². The number of carbonyl (C=O) groups excluding carboxylic acids is 1. The van der Waals surface area contributed by atoms with E-state index in [4.69, 9.17) is 11.6 Å². The Morgan fingerprint density at radius 3 is 2.91 bits per heavy atom. The summed E-state index contributed by atoms with van der Waals surface area (Å²) in [6, 6.07) is 4.57. The summed E-state index contributed by atoms with van der Waals surface area (Å²) in [4.78, 5) is 14.0. The lowest BCUT2D eigenvalue weighted by Gasteiger charge is -2.20. The first kappa shape index (κ1) is 16.3. The predicted molar refractivity (Wildman–Crippen MR) is 87.3 cm³/mol. The molecule has 2 fully saturated rings. The zero-order chi connectivity index (χ0) is 16.4. The van der Waals surface area contributed by atoms with Gasteiger partial charge in [0.2, 0.25) is 0 Å². The van der Waals surface area contributed by atoms with E-state index < -0.39 is 5.82 Å². The normalized spacial score (nSPS) is 22.0. The minimum Gasteiger partial charge on any atom is -0.396 e. The number of rotatable bonds is 5. The molecule has 2 amide bonds. The van der Waals surface area contributed by atoms with E-state index in [1.54, 1.807) is 12.1 Å². The molecule has 1 saturated heterocycles. The van der Waals surface area contributed by atoms with Crippen molar-refractivity contribution in [3.05, 3.63) is 29.0 Å². The summed E-state index contributed by atoms with van der Waals surface area (Å²) >= 11 is 5.70. The summed E-state index contributed by atoms with van der Waals surface area (Å²) in [6.45, 7) is 2.02. The molecule has 1 unspecified atom stereocenters. The third kappa shape index (κ3) is 3.87. The molecule has 2 aliphatic rings. The fraction of sp³-hybridized carbons (Fsp3) is 0.562. The van der Waals surface area contributed by atoms with Crippen LogP contribution in [0.5, 0.6) is 0 Å². The largest absolute Gasteiger partial charge is 0.396 e. The van der Waals surface area contributed by atoms with Crippen LogP contribution in [0.3, 0.4) is 0 Å². The SMILES string of the molecule is O=C(NCC1(CO)CC1)NC1CCN(c2ccc(Cl)c(F)c2)C1. The summed E-state index contributed by atoms with van der Waals surface area (Å²) < 4.78 is 13.5. The van der Waals surface area contributed by atoms with Crippen LogP contribution in [0.25, 0.3) is 0 Å². The first-order chi connectivity index (χ1) is 11.0. The van der Waals surface area contributed by atoms with Crippen LogP contribution < -0.4 is 15.5 Å². The van der Waals surface area contributed by atoms with Gasteiger partial charge in [-0.05, 0) is 37.5 Å². The first-order valence-corrected chi connectivity index (χ1v) is 8.24. The number of nitrogens with zero attached hydrogens (tertiary/aromatic N) is 1. The highest BCUT2D eigenvalue weighted by Crippen LogP contribution is 2.44. The quantitative estimate of drug-likeness (QED) is 0.768. The molecule has 1 saturated carbocycles. The number of nitrogens with one attached hydrogen (secondary N) is 2. The third-order valence-electron chi connectivity index (χ3n) is 4.71. The number of aliphatic hydroxyl groups excluding tert-OH is 1. The van der Waals surface area contributed by atoms with Gasteiger partial charge in [-0.15, -0.1) is 0 Å². The van der Waals surface area contributed by atoms with Gasteiger partial charge in [0.25, 0.3) is 0 Å². The summed E-state index contributed by atoms with van der Waals surface area (Å²) in [5, 5.41) is 15.1. The number of urea groups is 1. The maximum Gasteiger partial charge on any atom is 0.315 e. The Morgan fingerprint density at radius 2 is 2.26 bits per heavy atom. The van der Waals surface area contributed by atoms with Crippen LogP contribution in [0.2, 0.25) is 5.02 Å². The monoisotopic (exact) mass is 341 g/mol. The molecule has 23 heavy (non-hydrogen) atoms. The molecule has 5 nitrogen and oxygen atoms in total. The Hall–Kier alpha value is -1.53. The fourth-order valence-corrected chi connectivity index (χ4v) is 2.98. The Labute approximate surface area is 139 Å². The van der Waals surface area contributed by atoms with Gasteiger partial charge in [-0.25, -0.2) is 9.18 Å². The van der Waals surface area contributed by atoms with Gasteiger partial charge in [0.15, 0.2) is 0 Å². The van der Waals surface area contributed by atoms with Gasteiger partial charge < -0.3 is 20.6 Å². The van der Waals surface area contributed by atoms with Gasteiger partial charge in [-0.1, -0.05) is 11.6 Å². The van der Waals surface area contributed by atoms with Crippen LogP contribution in [0.4, 0.5) is 14.9 Å². The van der Waals surface area contributed by atoms with Gasteiger partial charge in [0.1, 0.15) is 5.82 Å². The molecule has 0 bridgehead atoms. The van der Waals surface area contributed by atoms with Crippen molar-refractivity contribution in [1.29, 1.82) is 0 Å². The van der Waals surface area contributed by atoms with Crippen LogP contribution in [0, 0.1) is 11.2 Å². The lowest BCUT2D eigenvalue weighted by Crippen LogP contribution is -2.45. The molecule has 1 aliphatic heterocycles. The number of anilines is 1. The highest BCUT2D eigenvalue weighted by Gasteiger charge is 2.42. The van der Waals surface area contributed by atoms with E-state index >= 15 is 0 Å². The zero-order valence-electron chi connectivity index (χ0n) is 12.8. The third-order valence-corrected chi connectivity index (χ3v) is 5.01. The van der Waals surface area contributed by atoms with E-state index in [0.717, 1.165) is 31.5 Å². The number of halogens is 2. The Kier molecular flexibility index (Phi) is 4.64. The van der Waals surface area contributed by atoms with Gasteiger partial charge in [-0.2, -0.15) is 0 Å². The molecule has 1 heterocycles.